The Morgan fingerprint density at radius 2 is 2.25 bits per heavy atom. The summed E-state index contributed by atoms with van der Waals surface area (Å²) >= 11 is 0. The lowest BCUT2D eigenvalue weighted by Gasteiger charge is -2.29. The number of hydrogen-bond donors (Lipinski definition) is 1. The highest BCUT2D eigenvalue weighted by atomic mass is 16.2. The van der Waals surface area contributed by atoms with Crippen molar-refractivity contribution in [3.8, 4) is 0 Å². The largest absolute Gasteiger partial charge is 0.341 e. The molecule has 0 bridgehead atoms. The van der Waals surface area contributed by atoms with E-state index in [0.29, 0.717) is 18.7 Å². The molecule has 0 unspecified atom stereocenters. The second-order valence-corrected chi connectivity index (χ2v) is 4.77. The molecule has 1 aromatic heterocycles. The zero-order chi connectivity index (χ0) is 12.2. The zero-order valence-corrected chi connectivity index (χ0v) is 10.1. The van der Waals surface area contributed by atoms with Gasteiger partial charge in [-0.25, -0.2) is 0 Å². The Balaban J connectivity index is 2.69. The molecule has 2 N–H and O–H groups in total. The Morgan fingerprint density at radius 1 is 1.56 bits per heavy atom. The van der Waals surface area contributed by atoms with Crippen LogP contribution in [0.1, 0.15) is 24.2 Å². The van der Waals surface area contributed by atoms with Crippen molar-refractivity contribution in [2.75, 3.05) is 20.1 Å². The topological polar surface area (TPSA) is 59.2 Å². The van der Waals surface area contributed by atoms with Crippen LogP contribution < -0.4 is 5.73 Å². The molecule has 0 aliphatic rings. The van der Waals surface area contributed by atoms with Gasteiger partial charge in [0.25, 0.3) is 5.91 Å². The highest BCUT2D eigenvalue weighted by Gasteiger charge is 2.21. The number of pyridine rings is 1. The maximum absolute atomic E-state index is 12.0. The molecule has 4 heteroatoms. The van der Waals surface area contributed by atoms with Gasteiger partial charge in [0.05, 0.1) is 5.56 Å². The average Bonchev–Trinajstić information content (AvgIpc) is 2.28. The van der Waals surface area contributed by atoms with Crippen LogP contribution >= 0.6 is 0 Å². The van der Waals surface area contributed by atoms with E-state index in [9.17, 15) is 4.79 Å². The summed E-state index contributed by atoms with van der Waals surface area (Å²) in [7, 11) is 1.78. The third-order valence-corrected chi connectivity index (χ3v) is 2.47. The molecular formula is C12H19N3O. The number of nitrogens with zero attached hydrogens (tertiary/aromatic N) is 2. The molecule has 0 atom stereocenters. The minimum absolute atomic E-state index is 0.0189. The van der Waals surface area contributed by atoms with Gasteiger partial charge in [-0.05, 0) is 24.1 Å². The Hall–Kier alpha value is -1.42. The van der Waals surface area contributed by atoms with Gasteiger partial charge in [-0.2, -0.15) is 0 Å². The summed E-state index contributed by atoms with van der Waals surface area (Å²) in [4.78, 5) is 17.6. The molecule has 0 spiro atoms. The van der Waals surface area contributed by atoms with E-state index in [1.807, 2.05) is 13.8 Å². The second-order valence-electron chi connectivity index (χ2n) is 4.77. The number of aromatic nitrogens is 1. The van der Waals surface area contributed by atoms with Gasteiger partial charge in [0.15, 0.2) is 0 Å². The first-order chi connectivity index (χ1) is 7.46. The molecule has 1 rings (SSSR count). The van der Waals surface area contributed by atoms with E-state index < -0.39 is 0 Å². The van der Waals surface area contributed by atoms with E-state index in [2.05, 4.69) is 4.98 Å². The predicted molar refractivity (Wildman–Crippen MR) is 64.0 cm³/mol. The van der Waals surface area contributed by atoms with E-state index in [4.69, 9.17) is 5.73 Å². The maximum atomic E-state index is 12.0. The van der Waals surface area contributed by atoms with Crippen molar-refractivity contribution in [3.63, 3.8) is 0 Å². The van der Waals surface area contributed by atoms with Gasteiger partial charge in [-0.15, -0.1) is 0 Å². The number of carbonyl (C=O) groups is 1. The second kappa shape index (κ2) is 5.07. The fourth-order valence-electron chi connectivity index (χ4n) is 1.49. The van der Waals surface area contributed by atoms with Crippen molar-refractivity contribution in [1.29, 1.82) is 0 Å². The molecule has 1 aromatic rings. The standard InChI is InChI=1S/C12H19N3O/c1-12(2,8-13)9-15(3)11(16)10-5-4-6-14-7-10/h4-7H,8-9,13H2,1-3H3. The Kier molecular flexibility index (Phi) is 4.01. The smallest absolute Gasteiger partial charge is 0.255 e. The van der Waals surface area contributed by atoms with Crippen LogP contribution in [0.4, 0.5) is 0 Å². The monoisotopic (exact) mass is 221 g/mol. The Morgan fingerprint density at radius 3 is 2.75 bits per heavy atom. The first kappa shape index (κ1) is 12.6. The SMILES string of the molecule is CN(CC(C)(C)CN)C(=O)c1cccnc1. The highest BCUT2D eigenvalue weighted by Crippen LogP contribution is 2.15. The Bertz CT molecular complexity index is 349. The Labute approximate surface area is 96.5 Å². The molecule has 1 heterocycles. The summed E-state index contributed by atoms with van der Waals surface area (Å²) in [5.74, 6) is -0.0189. The van der Waals surface area contributed by atoms with E-state index in [1.165, 1.54) is 0 Å². The van der Waals surface area contributed by atoms with Gasteiger partial charge in [0.1, 0.15) is 0 Å². The van der Waals surface area contributed by atoms with Crippen molar-refractivity contribution in [1.82, 2.24) is 9.88 Å². The number of amides is 1. The van der Waals surface area contributed by atoms with Crippen molar-refractivity contribution >= 4 is 5.91 Å². The van der Waals surface area contributed by atoms with Gasteiger partial charge in [-0.3, -0.25) is 9.78 Å². The zero-order valence-electron chi connectivity index (χ0n) is 10.1. The minimum atomic E-state index is -0.0629. The van der Waals surface area contributed by atoms with Crippen LogP contribution in [0, 0.1) is 5.41 Å². The van der Waals surface area contributed by atoms with E-state index >= 15 is 0 Å². The van der Waals surface area contributed by atoms with Gasteiger partial charge >= 0.3 is 0 Å². The van der Waals surface area contributed by atoms with Crippen molar-refractivity contribution in [2.24, 2.45) is 11.1 Å². The molecule has 0 aliphatic carbocycles. The summed E-state index contributed by atoms with van der Waals surface area (Å²) in [6.45, 7) is 5.27. The number of nitrogens with two attached hydrogens (primary N) is 1. The lowest BCUT2D eigenvalue weighted by molar-refractivity contribution is 0.0740. The van der Waals surface area contributed by atoms with Crippen LogP contribution in [0.2, 0.25) is 0 Å². The highest BCUT2D eigenvalue weighted by molar-refractivity contribution is 5.93. The molecule has 0 saturated carbocycles. The minimum Gasteiger partial charge on any atom is -0.341 e. The van der Waals surface area contributed by atoms with Crippen molar-refractivity contribution in [2.45, 2.75) is 13.8 Å². The summed E-state index contributed by atoms with van der Waals surface area (Å²) in [6, 6.07) is 3.52. The molecule has 4 nitrogen and oxygen atoms in total. The summed E-state index contributed by atoms with van der Waals surface area (Å²) in [5.41, 5.74) is 6.19. The molecule has 0 radical (unpaired) electrons. The first-order valence-corrected chi connectivity index (χ1v) is 5.32. The van der Waals surface area contributed by atoms with Gasteiger partial charge < -0.3 is 10.6 Å². The molecule has 0 aromatic carbocycles. The van der Waals surface area contributed by atoms with Crippen LogP contribution in [0.3, 0.4) is 0 Å². The lowest BCUT2D eigenvalue weighted by atomic mass is 9.93. The van der Waals surface area contributed by atoms with Gasteiger partial charge in [-0.1, -0.05) is 13.8 Å². The maximum Gasteiger partial charge on any atom is 0.255 e. The first-order valence-electron chi connectivity index (χ1n) is 5.32. The van der Waals surface area contributed by atoms with Crippen LogP contribution in [-0.2, 0) is 0 Å². The van der Waals surface area contributed by atoms with Gasteiger partial charge in [0.2, 0.25) is 0 Å². The van der Waals surface area contributed by atoms with Gasteiger partial charge in [0, 0.05) is 26.0 Å². The quantitative estimate of drug-likeness (QED) is 0.829. The van der Waals surface area contributed by atoms with Crippen LogP contribution in [0.25, 0.3) is 0 Å². The molecule has 88 valence electrons. The molecule has 1 amide bonds. The number of carbonyl (C=O) groups excluding carboxylic acids is 1. The number of hydrogen-bond acceptors (Lipinski definition) is 3. The average molecular weight is 221 g/mol. The van der Waals surface area contributed by atoms with Crippen LogP contribution in [0.5, 0.6) is 0 Å². The number of rotatable bonds is 4. The van der Waals surface area contributed by atoms with Crippen LogP contribution in [0.15, 0.2) is 24.5 Å². The van der Waals surface area contributed by atoms with Crippen LogP contribution in [-0.4, -0.2) is 35.9 Å². The third kappa shape index (κ3) is 3.31. The fraction of sp³-hybridized carbons (Fsp3) is 0.500. The van der Waals surface area contributed by atoms with E-state index in [0.717, 1.165) is 0 Å². The van der Waals surface area contributed by atoms with E-state index in [1.54, 1.807) is 36.5 Å². The third-order valence-electron chi connectivity index (χ3n) is 2.47. The molecule has 16 heavy (non-hydrogen) atoms. The summed E-state index contributed by atoms with van der Waals surface area (Å²) in [6.07, 6.45) is 3.23. The summed E-state index contributed by atoms with van der Waals surface area (Å²) in [5, 5.41) is 0. The van der Waals surface area contributed by atoms with Crippen molar-refractivity contribution < 1.29 is 4.79 Å². The predicted octanol–water partition coefficient (Wildman–Crippen LogP) is 1.14. The normalized spacial score (nSPS) is 11.2. The fourth-order valence-corrected chi connectivity index (χ4v) is 1.49. The molecule has 0 saturated heterocycles. The molecule has 0 aliphatic heterocycles. The van der Waals surface area contributed by atoms with Crippen molar-refractivity contribution in [3.05, 3.63) is 30.1 Å². The molecular weight excluding hydrogens is 202 g/mol. The van der Waals surface area contributed by atoms with E-state index in [-0.39, 0.29) is 11.3 Å². The summed E-state index contributed by atoms with van der Waals surface area (Å²) < 4.78 is 0. The molecule has 0 fully saturated rings. The lowest BCUT2D eigenvalue weighted by Crippen LogP contribution is -2.39.